The molecule has 8 heteroatoms. The van der Waals surface area contributed by atoms with Gasteiger partial charge >= 0.3 is 5.97 Å². The molecule has 0 aliphatic carbocycles. The lowest BCUT2D eigenvalue weighted by molar-refractivity contribution is -0.161. The van der Waals surface area contributed by atoms with Crippen molar-refractivity contribution in [1.29, 1.82) is 0 Å². The van der Waals surface area contributed by atoms with Gasteiger partial charge in [0.15, 0.2) is 17.7 Å². The fourth-order valence-electron chi connectivity index (χ4n) is 5.54. The third kappa shape index (κ3) is 4.63. The summed E-state index contributed by atoms with van der Waals surface area (Å²) in [4.78, 5) is 26.5. The first-order valence-electron chi connectivity index (χ1n) is 13.0. The Morgan fingerprint density at radius 1 is 1.15 bits per heavy atom. The molecule has 0 saturated heterocycles. The Kier molecular flexibility index (Phi) is 6.63. The Labute approximate surface area is 226 Å². The first-order valence-corrected chi connectivity index (χ1v) is 13.0. The number of aliphatic carboxylic acids is 1. The Balaban J connectivity index is 1.91. The standard InChI is InChI=1S/C31H33FN2O5/c1-17-19-9-8-14-38-27(19)23(32)16-21(17)25-20-12-11-18(24-10-7-13-33(24)5)15-22(20)29(35)34(6)26(25)28(30(36)37)39-31(2,3)4/h7,10-13,15-16,28H,8-9,14H2,1-6H3,(H,36,37)/t28-/m0/s1. The Morgan fingerprint density at radius 2 is 1.90 bits per heavy atom. The van der Waals surface area contributed by atoms with Crippen molar-refractivity contribution in [3.8, 4) is 28.1 Å². The van der Waals surface area contributed by atoms with Crippen molar-refractivity contribution in [1.82, 2.24) is 9.13 Å². The number of halogens is 1. The Hall–Kier alpha value is -3.91. The fraction of sp³-hybridized carbons (Fsp3) is 0.355. The molecule has 2 aromatic carbocycles. The molecule has 2 aromatic heterocycles. The monoisotopic (exact) mass is 532 g/mol. The minimum absolute atomic E-state index is 0.167. The van der Waals surface area contributed by atoms with Crippen molar-refractivity contribution < 1.29 is 23.8 Å². The molecule has 204 valence electrons. The number of rotatable bonds is 5. The molecule has 5 rings (SSSR count). The van der Waals surface area contributed by atoms with Crippen molar-refractivity contribution in [3.63, 3.8) is 0 Å². The van der Waals surface area contributed by atoms with Crippen LogP contribution in [0.4, 0.5) is 4.39 Å². The average Bonchev–Trinajstić information content (AvgIpc) is 3.32. The number of carboxylic acid groups (broad SMARTS) is 1. The van der Waals surface area contributed by atoms with E-state index in [0.29, 0.717) is 34.9 Å². The summed E-state index contributed by atoms with van der Waals surface area (Å²) in [6, 6.07) is 10.8. The van der Waals surface area contributed by atoms with Crippen LogP contribution in [0, 0.1) is 12.7 Å². The van der Waals surface area contributed by atoms with Gasteiger partial charge in [0, 0.05) is 42.5 Å². The normalized spacial score (nSPS) is 14.2. The zero-order valence-corrected chi connectivity index (χ0v) is 23.1. The van der Waals surface area contributed by atoms with Gasteiger partial charge in [0.2, 0.25) is 0 Å². The summed E-state index contributed by atoms with van der Waals surface area (Å²) in [7, 11) is 3.47. The molecular weight excluding hydrogens is 499 g/mol. The SMILES string of the molecule is Cc1c(-c2c([C@H](OC(C)(C)C)C(=O)O)n(C)c(=O)c3cc(-c4cccn4C)ccc23)cc(F)c2c1CCCO2. The van der Waals surface area contributed by atoms with Gasteiger partial charge in [0.05, 0.1) is 17.9 Å². The van der Waals surface area contributed by atoms with Crippen LogP contribution < -0.4 is 10.3 Å². The highest BCUT2D eigenvalue weighted by molar-refractivity contribution is 6.01. The number of carboxylic acids is 1. The van der Waals surface area contributed by atoms with Crippen molar-refractivity contribution in [2.45, 2.75) is 52.2 Å². The van der Waals surface area contributed by atoms with Crippen molar-refractivity contribution in [3.05, 3.63) is 75.6 Å². The second kappa shape index (κ2) is 9.68. The second-order valence-corrected chi connectivity index (χ2v) is 11.1. The van der Waals surface area contributed by atoms with E-state index < -0.39 is 23.5 Å². The van der Waals surface area contributed by atoms with E-state index in [0.717, 1.165) is 28.8 Å². The maximum Gasteiger partial charge on any atom is 0.339 e. The molecule has 1 atom stereocenters. The van der Waals surface area contributed by atoms with Gasteiger partial charge in [-0.3, -0.25) is 4.79 Å². The van der Waals surface area contributed by atoms with Gasteiger partial charge in [-0.2, -0.15) is 0 Å². The summed E-state index contributed by atoms with van der Waals surface area (Å²) >= 11 is 0. The largest absolute Gasteiger partial charge is 0.490 e. The van der Waals surface area contributed by atoms with Crippen LogP contribution >= 0.6 is 0 Å². The van der Waals surface area contributed by atoms with E-state index in [9.17, 15) is 14.7 Å². The van der Waals surface area contributed by atoms with E-state index in [1.165, 1.54) is 10.6 Å². The van der Waals surface area contributed by atoms with Gasteiger partial charge in [0.1, 0.15) is 0 Å². The number of carbonyl (C=O) groups is 1. The Bertz CT molecular complexity index is 1680. The summed E-state index contributed by atoms with van der Waals surface area (Å²) in [5.41, 5.74) is 3.28. The number of fused-ring (bicyclic) bond motifs is 2. The molecule has 0 bridgehead atoms. The summed E-state index contributed by atoms with van der Waals surface area (Å²) < 4.78 is 30.5. The van der Waals surface area contributed by atoms with Gasteiger partial charge in [0.25, 0.3) is 5.56 Å². The van der Waals surface area contributed by atoms with Crippen molar-refractivity contribution >= 4 is 16.7 Å². The lowest BCUT2D eigenvalue weighted by atomic mass is 9.87. The highest BCUT2D eigenvalue weighted by atomic mass is 19.1. The molecule has 0 saturated carbocycles. The molecule has 39 heavy (non-hydrogen) atoms. The second-order valence-electron chi connectivity index (χ2n) is 11.1. The first-order chi connectivity index (χ1) is 18.4. The summed E-state index contributed by atoms with van der Waals surface area (Å²) in [6.07, 6.45) is 1.85. The average molecular weight is 533 g/mol. The zero-order chi connectivity index (χ0) is 28.2. The van der Waals surface area contributed by atoms with Crippen LogP contribution in [0.3, 0.4) is 0 Å². The predicted molar refractivity (Wildman–Crippen MR) is 149 cm³/mol. The number of nitrogens with zero attached hydrogens (tertiary/aromatic N) is 2. The number of aromatic nitrogens is 2. The predicted octanol–water partition coefficient (Wildman–Crippen LogP) is 5.92. The highest BCUT2D eigenvalue weighted by Gasteiger charge is 2.34. The van der Waals surface area contributed by atoms with Crippen LogP contribution in [0.2, 0.25) is 0 Å². The van der Waals surface area contributed by atoms with Gasteiger partial charge in [-0.1, -0.05) is 12.1 Å². The van der Waals surface area contributed by atoms with Crippen molar-refractivity contribution in [2.24, 2.45) is 14.1 Å². The maximum atomic E-state index is 15.5. The molecule has 0 spiro atoms. The van der Waals surface area contributed by atoms with E-state index >= 15 is 4.39 Å². The zero-order valence-electron chi connectivity index (χ0n) is 23.1. The first kappa shape index (κ1) is 26.7. The minimum atomic E-state index is -1.47. The summed E-state index contributed by atoms with van der Waals surface area (Å²) in [5, 5.41) is 11.3. The molecule has 7 nitrogen and oxygen atoms in total. The van der Waals surface area contributed by atoms with Crippen LogP contribution in [-0.4, -0.2) is 32.4 Å². The number of hydrogen-bond acceptors (Lipinski definition) is 4. The highest BCUT2D eigenvalue weighted by Crippen LogP contribution is 2.43. The van der Waals surface area contributed by atoms with E-state index in [1.54, 1.807) is 27.8 Å². The van der Waals surface area contributed by atoms with E-state index in [4.69, 9.17) is 9.47 Å². The maximum absolute atomic E-state index is 15.5. The topological polar surface area (TPSA) is 82.7 Å². The van der Waals surface area contributed by atoms with Crippen LogP contribution in [0.15, 0.2) is 47.4 Å². The number of benzene rings is 2. The van der Waals surface area contributed by atoms with E-state index in [1.807, 2.05) is 55.1 Å². The van der Waals surface area contributed by atoms with E-state index in [-0.39, 0.29) is 17.0 Å². The van der Waals surface area contributed by atoms with Gasteiger partial charge in [-0.05, 0) is 86.9 Å². The quantitative estimate of drug-likeness (QED) is 0.345. The van der Waals surface area contributed by atoms with Crippen LogP contribution in [0.5, 0.6) is 5.75 Å². The third-order valence-electron chi connectivity index (χ3n) is 7.33. The number of ether oxygens (including phenoxy) is 2. The summed E-state index contributed by atoms with van der Waals surface area (Å²) in [5.74, 6) is -1.51. The number of aryl methyl sites for hydroxylation is 1. The molecule has 4 aromatic rings. The Morgan fingerprint density at radius 3 is 2.54 bits per heavy atom. The lowest BCUT2D eigenvalue weighted by Crippen LogP contribution is -2.33. The number of hydrogen-bond donors (Lipinski definition) is 1. The van der Waals surface area contributed by atoms with Crippen LogP contribution in [0.25, 0.3) is 33.2 Å². The number of pyridine rings is 1. The molecule has 1 aliphatic heterocycles. The van der Waals surface area contributed by atoms with Crippen LogP contribution in [-0.2, 0) is 30.0 Å². The molecular formula is C31H33FN2O5. The molecule has 0 radical (unpaired) electrons. The van der Waals surface area contributed by atoms with Crippen molar-refractivity contribution in [2.75, 3.05) is 6.61 Å². The summed E-state index contributed by atoms with van der Waals surface area (Å²) in [6.45, 7) is 7.61. The fourth-order valence-corrected chi connectivity index (χ4v) is 5.54. The smallest absolute Gasteiger partial charge is 0.339 e. The minimum Gasteiger partial charge on any atom is -0.490 e. The molecule has 1 N–H and O–H groups in total. The molecule has 0 fully saturated rings. The van der Waals surface area contributed by atoms with E-state index in [2.05, 4.69) is 0 Å². The lowest BCUT2D eigenvalue weighted by Gasteiger charge is -2.29. The third-order valence-corrected chi connectivity index (χ3v) is 7.33. The molecule has 0 amide bonds. The molecule has 3 heterocycles. The van der Waals surface area contributed by atoms with Gasteiger partial charge in [-0.15, -0.1) is 0 Å². The van der Waals surface area contributed by atoms with Gasteiger partial charge < -0.3 is 23.7 Å². The van der Waals surface area contributed by atoms with Gasteiger partial charge in [-0.25, -0.2) is 9.18 Å². The molecule has 0 unspecified atom stereocenters. The molecule has 1 aliphatic rings. The van der Waals surface area contributed by atoms with Crippen LogP contribution in [0.1, 0.15) is 50.1 Å².